The van der Waals surface area contributed by atoms with Crippen LogP contribution in [0.4, 0.5) is 0 Å². The van der Waals surface area contributed by atoms with Gasteiger partial charge in [-0.15, -0.1) is 0 Å². The number of carbonyl (C=O) groups excluding carboxylic acids is 1. The molecule has 2 aromatic carbocycles. The zero-order chi connectivity index (χ0) is 22.4. The number of hydrogen-bond acceptors (Lipinski definition) is 3. The molecule has 1 aliphatic heterocycles. The maximum absolute atomic E-state index is 13.2. The summed E-state index contributed by atoms with van der Waals surface area (Å²) in [6.45, 7) is 3.77. The van der Waals surface area contributed by atoms with Crippen molar-refractivity contribution in [2.45, 2.75) is 26.5 Å². The van der Waals surface area contributed by atoms with Gasteiger partial charge in [0.25, 0.3) is 5.91 Å². The lowest BCUT2D eigenvalue weighted by atomic mass is 10.0. The normalized spacial score (nSPS) is 13.4. The number of rotatable bonds is 4. The highest BCUT2D eigenvalue weighted by atomic mass is 16.5. The molecule has 5 aromatic rings. The molecule has 0 radical (unpaired) electrons. The van der Waals surface area contributed by atoms with E-state index in [1.807, 2.05) is 77.1 Å². The standard InChI is InChI=1S/C27H24N4O2/c1-18-5-4-13-30-15-20(28-26(18)30)17-33-21-10-8-19(9-11-21)27(32)31-14-12-25-23(16-31)22-6-2-3-7-24(22)29-25/h2-11,13,15,29H,12,14,16-17H2,1H3. The molecule has 0 aliphatic carbocycles. The summed E-state index contributed by atoms with van der Waals surface area (Å²) in [6.07, 6.45) is 4.81. The van der Waals surface area contributed by atoms with Gasteiger partial charge in [-0.05, 0) is 48.9 Å². The first-order valence-corrected chi connectivity index (χ1v) is 11.2. The zero-order valence-electron chi connectivity index (χ0n) is 18.4. The van der Waals surface area contributed by atoms with Crippen LogP contribution >= 0.6 is 0 Å². The Bertz CT molecular complexity index is 1480. The lowest BCUT2D eigenvalue weighted by Gasteiger charge is -2.27. The number of aromatic amines is 1. The number of carbonyl (C=O) groups is 1. The lowest BCUT2D eigenvalue weighted by molar-refractivity contribution is 0.0735. The van der Waals surface area contributed by atoms with E-state index in [1.165, 1.54) is 16.6 Å². The summed E-state index contributed by atoms with van der Waals surface area (Å²) in [5.74, 6) is 0.770. The van der Waals surface area contributed by atoms with Crippen LogP contribution in [-0.4, -0.2) is 31.7 Å². The number of fused-ring (bicyclic) bond motifs is 4. The van der Waals surface area contributed by atoms with Gasteiger partial charge in [0, 0.05) is 59.6 Å². The first-order chi connectivity index (χ1) is 16.2. The number of ether oxygens (including phenoxy) is 1. The number of nitrogens with one attached hydrogen (secondary N) is 1. The number of aryl methyl sites for hydroxylation is 1. The highest BCUT2D eigenvalue weighted by Gasteiger charge is 2.24. The molecule has 6 rings (SSSR count). The highest BCUT2D eigenvalue weighted by molar-refractivity contribution is 5.95. The molecule has 0 saturated carbocycles. The van der Waals surface area contributed by atoms with Crippen molar-refractivity contribution < 1.29 is 9.53 Å². The number of imidazole rings is 1. The number of nitrogens with zero attached hydrogens (tertiary/aromatic N) is 3. The van der Waals surface area contributed by atoms with Crippen LogP contribution in [-0.2, 0) is 19.6 Å². The number of para-hydroxylation sites is 1. The van der Waals surface area contributed by atoms with Crippen molar-refractivity contribution in [2.24, 2.45) is 0 Å². The van der Waals surface area contributed by atoms with Gasteiger partial charge in [0.15, 0.2) is 0 Å². The molecule has 3 aromatic heterocycles. The maximum atomic E-state index is 13.2. The van der Waals surface area contributed by atoms with Gasteiger partial charge < -0.3 is 19.0 Å². The largest absolute Gasteiger partial charge is 0.487 e. The molecule has 0 saturated heterocycles. The summed E-state index contributed by atoms with van der Waals surface area (Å²) in [5, 5.41) is 1.20. The number of H-pyrrole nitrogens is 1. The third-order valence-electron chi connectivity index (χ3n) is 6.39. The Balaban J connectivity index is 1.14. The number of benzene rings is 2. The van der Waals surface area contributed by atoms with E-state index in [1.54, 1.807) is 0 Å². The van der Waals surface area contributed by atoms with E-state index in [9.17, 15) is 4.79 Å². The van der Waals surface area contributed by atoms with E-state index >= 15 is 0 Å². The number of pyridine rings is 1. The van der Waals surface area contributed by atoms with E-state index < -0.39 is 0 Å². The predicted molar refractivity (Wildman–Crippen MR) is 127 cm³/mol. The molecule has 0 unspecified atom stereocenters. The van der Waals surface area contributed by atoms with Crippen LogP contribution in [0, 0.1) is 6.92 Å². The Morgan fingerprint density at radius 2 is 1.94 bits per heavy atom. The second-order valence-electron chi connectivity index (χ2n) is 8.57. The third kappa shape index (κ3) is 3.53. The SMILES string of the molecule is Cc1cccn2cc(COc3ccc(C(=O)N4CCc5[nH]c6ccccc6c5C4)cc3)nc12. The topological polar surface area (TPSA) is 62.6 Å². The fourth-order valence-electron chi connectivity index (χ4n) is 4.65. The van der Waals surface area contributed by atoms with Gasteiger partial charge in [-0.3, -0.25) is 4.79 Å². The molecule has 4 heterocycles. The Kier molecular flexibility index (Phi) is 4.64. The predicted octanol–water partition coefficient (Wildman–Crippen LogP) is 4.90. The monoisotopic (exact) mass is 436 g/mol. The molecule has 1 amide bonds. The zero-order valence-corrected chi connectivity index (χ0v) is 18.4. The number of hydrogen-bond donors (Lipinski definition) is 1. The van der Waals surface area contributed by atoms with Crippen molar-refractivity contribution in [1.29, 1.82) is 0 Å². The maximum Gasteiger partial charge on any atom is 0.254 e. The van der Waals surface area contributed by atoms with Crippen LogP contribution in [0.2, 0.25) is 0 Å². The third-order valence-corrected chi connectivity index (χ3v) is 6.39. The van der Waals surface area contributed by atoms with Gasteiger partial charge in [-0.25, -0.2) is 4.98 Å². The van der Waals surface area contributed by atoms with Gasteiger partial charge in [0.1, 0.15) is 18.0 Å². The molecule has 1 N–H and O–H groups in total. The van der Waals surface area contributed by atoms with E-state index in [-0.39, 0.29) is 5.91 Å². The molecular weight excluding hydrogens is 412 g/mol. The first-order valence-electron chi connectivity index (χ1n) is 11.2. The van der Waals surface area contributed by atoms with Crippen molar-refractivity contribution in [3.8, 4) is 5.75 Å². The van der Waals surface area contributed by atoms with Crippen molar-refractivity contribution >= 4 is 22.5 Å². The molecule has 6 nitrogen and oxygen atoms in total. The van der Waals surface area contributed by atoms with Crippen molar-refractivity contribution in [1.82, 2.24) is 19.3 Å². The van der Waals surface area contributed by atoms with Crippen LogP contribution in [0.3, 0.4) is 0 Å². The fraction of sp³-hybridized carbons (Fsp3) is 0.185. The van der Waals surface area contributed by atoms with E-state index in [4.69, 9.17) is 4.74 Å². The molecule has 0 spiro atoms. The minimum atomic E-state index is 0.0494. The van der Waals surface area contributed by atoms with Gasteiger partial charge >= 0.3 is 0 Å². The molecule has 0 atom stereocenters. The fourth-order valence-corrected chi connectivity index (χ4v) is 4.65. The lowest BCUT2D eigenvalue weighted by Crippen LogP contribution is -2.35. The highest BCUT2D eigenvalue weighted by Crippen LogP contribution is 2.28. The summed E-state index contributed by atoms with van der Waals surface area (Å²) >= 11 is 0. The molecule has 1 aliphatic rings. The number of amides is 1. The Morgan fingerprint density at radius 3 is 2.79 bits per heavy atom. The quantitative estimate of drug-likeness (QED) is 0.436. The molecule has 33 heavy (non-hydrogen) atoms. The van der Waals surface area contributed by atoms with E-state index in [0.29, 0.717) is 25.3 Å². The Morgan fingerprint density at radius 1 is 1.09 bits per heavy atom. The Hall–Kier alpha value is -4.06. The molecular formula is C27H24N4O2. The summed E-state index contributed by atoms with van der Waals surface area (Å²) < 4.78 is 7.93. The van der Waals surface area contributed by atoms with Crippen LogP contribution in [0.15, 0.2) is 73.1 Å². The average molecular weight is 437 g/mol. The average Bonchev–Trinajstić information content (AvgIpc) is 3.44. The minimum absolute atomic E-state index is 0.0494. The Labute approximate surface area is 191 Å². The van der Waals surface area contributed by atoms with Gasteiger partial charge in [0.05, 0.1) is 5.69 Å². The van der Waals surface area contributed by atoms with Crippen LogP contribution < -0.4 is 4.74 Å². The minimum Gasteiger partial charge on any atom is -0.487 e. The van der Waals surface area contributed by atoms with Crippen LogP contribution in [0.5, 0.6) is 5.75 Å². The van der Waals surface area contributed by atoms with Gasteiger partial charge in [-0.1, -0.05) is 24.3 Å². The van der Waals surface area contributed by atoms with Crippen molar-refractivity contribution in [3.05, 3.63) is 101 Å². The van der Waals surface area contributed by atoms with E-state index in [2.05, 4.69) is 22.1 Å². The first kappa shape index (κ1) is 19.6. The van der Waals surface area contributed by atoms with Gasteiger partial charge in [0.2, 0.25) is 0 Å². The summed E-state index contributed by atoms with van der Waals surface area (Å²) in [4.78, 5) is 23.2. The molecule has 0 bridgehead atoms. The van der Waals surface area contributed by atoms with Gasteiger partial charge in [-0.2, -0.15) is 0 Å². The number of aromatic nitrogens is 3. The molecule has 0 fully saturated rings. The van der Waals surface area contributed by atoms with E-state index in [0.717, 1.165) is 34.6 Å². The molecule has 164 valence electrons. The van der Waals surface area contributed by atoms with Crippen LogP contribution in [0.1, 0.15) is 32.9 Å². The smallest absolute Gasteiger partial charge is 0.254 e. The van der Waals surface area contributed by atoms with Crippen LogP contribution in [0.25, 0.3) is 16.6 Å². The summed E-state index contributed by atoms with van der Waals surface area (Å²) in [6, 6.07) is 19.7. The summed E-state index contributed by atoms with van der Waals surface area (Å²) in [5.41, 5.74) is 7.22. The second kappa shape index (κ2) is 7.81. The second-order valence-corrected chi connectivity index (χ2v) is 8.57. The van der Waals surface area contributed by atoms with Crippen molar-refractivity contribution in [3.63, 3.8) is 0 Å². The van der Waals surface area contributed by atoms with Crippen molar-refractivity contribution in [2.75, 3.05) is 6.54 Å². The molecule has 6 heteroatoms. The summed E-state index contributed by atoms with van der Waals surface area (Å²) in [7, 11) is 0.